The maximum Gasteiger partial charge on any atom is 0.433 e. The molecule has 0 aliphatic heterocycles. The van der Waals surface area contributed by atoms with Crippen LogP contribution in [0.4, 0.5) is 18.9 Å². The van der Waals surface area contributed by atoms with Gasteiger partial charge in [0.1, 0.15) is 11.8 Å². The number of pyridine rings is 1. The monoisotopic (exact) mass is 432 g/mol. The standard InChI is InChI=1S/C21H19F3N4O3/c22-21(23,24)16-10-8-12(19(27-16)31-13-4-1-2-5-13)9-11-17(29)25-14-6-3-7-15-18(14)28-20(30)26-15/h3,6-11,13H,1-2,4-5H2,(H,25,29)(H2,26,28,30)/b11-9+. The maximum atomic E-state index is 13.1. The molecule has 10 heteroatoms. The molecule has 3 N–H and O–H groups in total. The molecular weight excluding hydrogens is 413 g/mol. The van der Waals surface area contributed by atoms with Crippen molar-refractivity contribution in [2.24, 2.45) is 0 Å². The number of nitrogens with one attached hydrogen (secondary N) is 3. The van der Waals surface area contributed by atoms with Gasteiger partial charge in [0.25, 0.3) is 0 Å². The zero-order chi connectivity index (χ0) is 22.0. The highest BCUT2D eigenvalue weighted by Gasteiger charge is 2.33. The number of aromatic nitrogens is 3. The van der Waals surface area contributed by atoms with E-state index in [0.29, 0.717) is 16.7 Å². The first-order valence-electron chi connectivity index (χ1n) is 9.74. The second kappa shape index (κ2) is 8.29. The molecule has 162 valence electrons. The van der Waals surface area contributed by atoms with Gasteiger partial charge in [-0.1, -0.05) is 6.07 Å². The van der Waals surface area contributed by atoms with Gasteiger partial charge in [-0.2, -0.15) is 13.2 Å². The van der Waals surface area contributed by atoms with Gasteiger partial charge in [-0.25, -0.2) is 9.78 Å². The van der Waals surface area contributed by atoms with Crippen LogP contribution >= 0.6 is 0 Å². The van der Waals surface area contributed by atoms with Crippen LogP contribution in [0.25, 0.3) is 17.1 Å². The van der Waals surface area contributed by atoms with Gasteiger partial charge in [0.15, 0.2) is 0 Å². The van der Waals surface area contributed by atoms with Crippen LogP contribution in [0.3, 0.4) is 0 Å². The highest BCUT2D eigenvalue weighted by molar-refractivity contribution is 6.06. The first-order chi connectivity index (χ1) is 14.8. The SMILES string of the molecule is O=C(/C=C/c1ccc(C(F)(F)F)nc1OC1CCCC1)Nc1cccc2[nH]c(=O)[nH]c12. The molecule has 1 fully saturated rings. The number of nitrogens with zero attached hydrogens (tertiary/aromatic N) is 1. The number of carbonyl (C=O) groups is 1. The summed E-state index contributed by atoms with van der Waals surface area (Å²) in [7, 11) is 0. The van der Waals surface area contributed by atoms with Gasteiger partial charge in [-0.3, -0.25) is 4.79 Å². The average Bonchev–Trinajstić information content (AvgIpc) is 3.35. The summed E-state index contributed by atoms with van der Waals surface area (Å²) in [6, 6.07) is 7.04. The third-order valence-electron chi connectivity index (χ3n) is 4.98. The van der Waals surface area contributed by atoms with Crippen LogP contribution in [-0.4, -0.2) is 27.0 Å². The number of para-hydroxylation sites is 1. The molecule has 1 aromatic carbocycles. The number of H-pyrrole nitrogens is 2. The molecule has 4 rings (SSSR count). The molecule has 1 aliphatic carbocycles. The Morgan fingerprint density at radius 2 is 1.94 bits per heavy atom. The molecule has 1 amide bonds. The normalized spacial score (nSPS) is 15.1. The van der Waals surface area contributed by atoms with Crippen molar-refractivity contribution in [3.8, 4) is 5.88 Å². The number of anilines is 1. The molecule has 0 atom stereocenters. The Hall–Kier alpha value is -3.56. The summed E-state index contributed by atoms with van der Waals surface area (Å²) in [5.41, 5.74) is 0.172. The van der Waals surface area contributed by atoms with Crippen molar-refractivity contribution >= 4 is 28.7 Å². The van der Waals surface area contributed by atoms with Gasteiger partial charge in [0, 0.05) is 11.6 Å². The molecule has 0 bridgehead atoms. The fourth-order valence-electron chi connectivity index (χ4n) is 3.50. The molecule has 0 radical (unpaired) electrons. The van der Waals surface area contributed by atoms with Gasteiger partial charge in [0.2, 0.25) is 11.8 Å². The number of imidazole rings is 1. The lowest BCUT2D eigenvalue weighted by Gasteiger charge is -2.16. The highest BCUT2D eigenvalue weighted by atomic mass is 19.4. The van der Waals surface area contributed by atoms with Crippen molar-refractivity contribution in [3.05, 3.63) is 58.1 Å². The van der Waals surface area contributed by atoms with Crippen LogP contribution in [-0.2, 0) is 11.0 Å². The molecule has 2 heterocycles. The van der Waals surface area contributed by atoms with E-state index in [1.165, 1.54) is 18.2 Å². The number of amides is 1. The van der Waals surface area contributed by atoms with Crippen molar-refractivity contribution in [3.63, 3.8) is 0 Å². The average molecular weight is 432 g/mol. The molecule has 2 aromatic heterocycles. The smallest absolute Gasteiger partial charge is 0.433 e. The second-order valence-electron chi connectivity index (χ2n) is 7.24. The number of aromatic amines is 2. The lowest BCUT2D eigenvalue weighted by atomic mass is 10.2. The van der Waals surface area contributed by atoms with E-state index in [2.05, 4.69) is 20.3 Å². The first-order valence-corrected chi connectivity index (χ1v) is 9.74. The van der Waals surface area contributed by atoms with Crippen molar-refractivity contribution in [1.29, 1.82) is 0 Å². The molecule has 7 nitrogen and oxygen atoms in total. The van der Waals surface area contributed by atoms with Crippen LogP contribution in [0.5, 0.6) is 5.88 Å². The summed E-state index contributed by atoms with van der Waals surface area (Å²) in [6.45, 7) is 0. The molecule has 0 spiro atoms. The molecule has 1 aliphatic rings. The van der Waals surface area contributed by atoms with Crippen molar-refractivity contribution in [1.82, 2.24) is 15.0 Å². The van der Waals surface area contributed by atoms with E-state index in [1.54, 1.807) is 18.2 Å². The van der Waals surface area contributed by atoms with E-state index in [4.69, 9.17) is 4.74 Å². The Labute approximate surface area is 174 Å². The predicted molar refractivity (Wildman–Crippen MR) is 109 cm³/mol. The second-order valence-corrected chi connectivity index (χ2v) is 7.24. The first kappa shape index (κ1) is 20.7. The van der Waals surface area contributed by atoms with Crippen LogP contribution in [0, 0.1) is 0 Å². The Morgan fingerprint density at radius 3 is 2.68 bits per heavy atom. The zero-order valence-corrected chi connectivity index (χ0v) is 16.3. The minimum absolute atomic E-state index is 0.150. The number of benzene rings is 1. The fraction of sp³-hybridized carbons (Fsp3) is 0.286. The van der Waals surface area contributed by atoms with Crippen molar-refractivity contribution in [2.45, 2.75) is 38.0 Å². The van der Waals surface area contributed by atoms with E-state index in [1.807, 2.05) is 0 Å². The third-order valence-corrected chi connectivity index (χ3v) is 4.98. The number of hydrogen-bond acceptors (Lipinski definition) is 4. The van der Waals surface area contributed by atoms with E-state index < -0.39 is 23.5 Å². The van der Waals surface area contributed by atoms with Crippen LogP contribution in [0.1, 0.15) is 36.9 Å². The van der Waals surface area contributed by atoms with Crippen LogP contribution < -0.4 is 15.7 Å². The van der Waals surface area contributed by atoms with Crippen molar-refractivity contribution in [2.75, 3.05) is 5.32 Å². The number of ether oxygens (including phenoxy) is 1. The Kier molecular flexibility index (Phi) is 5.53. The van der Waals surface area contributed by atoms with Gasteiger partial charge in [0.05, 0.1) is 16.7 Å². The summed E-state index contributed by atoms with van der Waals surface area (Å²) >= 11 is 0. The Bertz CT molecular complexity index is 1190. The largest absolute Gasteiger partial charge is 0.474 e. The zero-order valence-electron chi connectivity index (χ0n) is 16.3. The number of halogens is 3. The summed E-state index contributed by atoms with van der Waals surface area (Å²) in [5.74, 6) is -0.677. The van der Waals surface area contributed by atoms with E-state index in [-0.39, 0.29) is 17.5 Å². The summed E-state index contributed by atoms with van der Waals surface area (Å²) in [4.78, 5) is 32.7. The molecule has 0 unspecified atom stereocenters. The van der Waals surface area contributed by atoms with Crippen molar-refractivity contribution < 1.29 is 22.7 Å². The van der Waals surface area contributed by atoms with Crippen LogP contribution in [0.2, 0.25) is 0 Å². The lowest BCUT2D eigenvalue weighted by Crippen LogP contribution is -2.15. The molecule has 1 saturated carbocycles. The van der Waals surface area contributed by atoms with E-state index >= 15 is 0 Å². The minimum atomic E-state index is -4.60. The van der Waals surface area contributed by atoms with E-state index in [9.17, 15) is 22.8 Å². The fourth-order valence-corrected chi connectivity index (χ4v) is 3.50. The van der Waals surface area contributed by atoms with Gasteiger partial charge in [-0.05, 0) is 56.0 Å². The summed E-state index contributed by atoms with van der Waals surface area (Å²) in [6.07, 6.45) is 1.14. The number of alkyl halides is 3. The number of hydrogen-bond donors (Lipinski definition) is 3. The third kappa shape index (κ3) is 4.79. The maximum absolute atomic E-state index is 13.1. The molecule has 31 heavy (non-hydrogen) atoms. The minimum Gasteiger partial charge on any atom is -0.474 e. The quantitative estimate of drug-likeness (QED) is 0.525. The van der Waals surface area contributed by atoms with Gasteiger partial charge >= 0.3 is 11.9 Å². The molecule has 0 saturated heterocycles. The summed E-state index contributed by atoms with van der Waals surface area (Å²) < 4.78 is 44.9. The molecule has 3 aromatic rings. The topological polar surface area (TPSA) is 99.9 Å². The van der Waals surface area contributed by atoms with E-state index in [0.717, 1.165) is 31.7 Å². The predicted octanol–water partition coefficient (Wildman–Crippen LogP) is 4.24. The Balaban J connectivity index is 1.56. The van der Waals surface area contributed by atoms with Gasteiger partial charge in [-0.15, -0.1) is 0 Å². The van der Waals surface area contributed by atoms with Crippen LogP contribution in [0.15, 0.2) is 41.2 Å². The lowest BCUT2D eigenvalue weighted by molar-refractivity contribution is -0.141. The number of fused-ring (bicyclic) bond motifs is 1. The Morgan fingerprint density at radius 1 is 1.16 bits per heavy atom. The number of rotatable bonds is 5. The summed E-state index contributed by atoms with van der Waals surface area (Å²) in [5, 5.41) is 2.64. The number of carbonyl (C=O) groups excluding carboxylic acids is 1. The van der Waals surface area contributed by atoms with Gasteiger partial charge < -0.3 is 20.0 Å². The highest BCUT2D eigenvalue weighted by Crippen LogP contribution is 2.32. The molecular formula is C21H19F3N4O3.